The maximum atomic E-state index is 13.3. The Morgan fingerprint density at radius 3 is 2.21 bits per heavy atom. The Morgan fingerprint density at radius 2 is 1.68 bits per heavy atom. The average molecular weight is 410 g/mol. The summed E-state index contributed by atoms with van der Waals surface area (Å²) < 4.78 is 84.2. The van der Waals surface area contributed by atoms with Gasteiger partial charge in [-0.25, -0.2) is 0 Å². The predicted octanol–water partition coefficient (Wildman–Crippen LogP) is 3.66. The Hall–Kier alpha value is -1.81. The van der Waals surface area contributed by atoms with Gasteiger partial charge in [0.2, 0.25) is 0 Å². The van der Waals surface area contributed by atoms with Gasteiger partial charge in [-0.05, 0) is 38.1 Å². The molecule has 0 atom stereocenters. The van der Waals surface area contributed by atoms with Crippen molar-refractivity contribution in [3.63, 3.8) is 0 Å². The van der Waals surface area contributed by atoms with Crippen molar-refractivity contribution in [2.45, 2.75) is 30.8 Å². The highest BCUT2D eigenvalue weighted by Gasteiger charge is 2.43. The van der Waals surface area contributed by atoms with Crippen LogP contribution in [0.25, 0.3) is 0 Å². The third kappa shape index (κ3) is 4.27. The van der Waals surface area contributed by atoms with Crippen LogP contribution < -0.4 is 0 Å². The highest BCUT2D eigenvalue weighted by Crippen LogP contribution is 2.38. The number of morpholine rings is 1. The number of likely N-dealkylation sites (N-methyl/N-ethyl adjacent to an activating group) is 1. The van der Waals surface area contributed by atoms with Gasteiger partial charge in [0.15, 0.2) is 0 Å². The number of likely N-dealkylation sites (tertiary alicyclic amines) is 1. The maximum Gasteiger partial charge on any atom is 0.417 e. The van der Waals surface area contributed by atoms with E-state index in [0.717, 1.165) is 6.54 Å². The van der Waals surface area contributed by atoms with Crippen LogP contribution in [0, 0.1) is 0 Å². The lowest BCUT2D eigenvalue weighted by Gasteiger charge is -2.46. The first-order valence-corrected chi connectivity index (χ1v) is 8.82. The molecule has 1 amide bonds. The van der Waals surface area contributed by atoms with Crippen LogP contribution in [-0.4, -0.2) is 61.1 Å². The number of rotatable bonds is 1. The number of hydrogen-bond acceptors (Lipinski definition) is 3. The van der Waals surface area contributed by atoms with E-state index in [0.29, 0.717) is 38.1 Å². The first-order valence-electron chi connectivity index (χ1n) is 8.82. The van der Waals surface area contributed by atoms with Crippen LogP contribution in [-0.2, 0) is 17.1 Å². The molecule has 0 saturated carbocycles. The number of hydrogen-bond donors (Lipinski definition) is 0. The number of ether oxygens (including phenoxy) is 1. The van der Waals surface area contributed by atoms with Crippen LogP contribution in [0.4, 0.5) is 26.3 Å². The first-order chi connectivity index (χ1) is 12.9. The highest BCUT2D eigenvalue weighted by molar-refractivity contribution is 5.96. The Balaban J connectivity index is 1.81. The molecule has 4 nitrogen and oxygen atoms in total. The van der Waals surface area contributed by atoms with Gasteiger partial charge >= 0.3 is 12.4 Å². The molecule has 0 radical (unpaired) electrons. The molecule has 0 aliphatic carbocycles. The topological polar surface area (TPSA) is 32.8 Å². The van der Waals surface area contributed by atoms with E-state index in [9.17, 15) is 31.1 Å². The Bertz CT molecular complexity index is 739. The summed E-state index contributed by atoms with van der Waals surface area (Å²) in [5.74, 6) is -0.917. The number of nitrogens with zero attached hydrogens (tertiary/aromatic N) is 2. The Labute approximate surface area is 158 Å². The fourth-order valence-corrected chi connectivity index (χ4v) is 3.77. The zero-order valence-electron chi connectivity index (χ0n) is 15.2. The van der Waals surface area contributed by atoms with Gasteiger partial charge in [-0.3, -0.25) is 4.79 Å². The largest absolute Gasteiger partial charge is 0.417 e. The average Bonchev–Trinajstić information content (AvgIpc) is 2.60. The molecule has 2 aliphatic rings. The summed E-state index contributed by atoms with van der Waals surface area (Å²) in [5.41, 5.74) is -4.21. The molecule has 0 unspecified atom stereocenters. The van der Waals surface area contributed by atoms with E-state index in [1.807, 2.05) is 7.05 Å². The minimum atomic E-state index is -5.07. The fourth-order valence-electron chi connectivity index (χ4n) is 3.77. The fraction of sp³-hybridized carbons (Fsp3) is 0.611. The van der Waals surface area contributed by atoms with Gasteiger partial charge in [0.25, 0.3) is 5.91 Å². The van der Waals surface area contributed by atoms with Crippen molar-refractivity contribution in [2.75, 3.05) is 39.8 Å². The molecule has 3 rings (SSSR count). The van der Waals surface area contributed by atoms with Gasteiger partial charge in [0, 0.05) is 26.2 Å². The van der Waals surface area contributed by atoms with Crippen LogP contribution in [0.3, 0.4) is 0 Å². The summed E-state index contributed by atoms with van der Waals surface area (Å²) in [4.78, 5) is 16.0. The molecule has 0 N–H and O–H groups in total. The van der Waals surface area contributed by atoms with Gasteiger partial charge in [-0.15, -0.1) is 0 Å². The van der Waals surface area contributed by atoms with E-state index < -0.39 is 40.6 Å². The first kappa shape index (κ1) is 20.9. The van der Waals surface area contributed by atoms with E-state index >= 15 is 0 Å². The van der Waals surface area contributed by atoms with E-state index in [-0.39, 0.29) is 19.2 Å². The van der Waals surface area contributed by atoms with Crippen LogP contribution in [0.2, 0.25) is 0 Å². The van der Waals surface area contributed by atoms with Crippen molar-refractivity contribution in [3.8, 4) is 0 Å². The van der Waals surface area contributed by atoms with E-state index in [4.69, 9.17) is 4.74 Å². The normalized spacial score (nSPS) is 21.2. The monoisotopic (exact) mass is 410 g/mol. The second-order valence-corrected chi connectivity index (χ2v) is 7.32. The smallest absolute Gasteiger partial charge is 0.372 e. The second kappa shape index (κ2) is 7.22. The van der Waals surface area contributed by atoms with Crippen LogP contribution in [0.15, 0.2) is 18.2 Å². The third-order valence-electron chi connectivity index (χ3n) is 5.28. The lowest BCUT2D eigenvalue weighted by atomic mass is 9.89. The molecule has 0 bridgehead atoms. The number of carbonyl (C=O) groups excluding carboxylic acids is 1. The molecule has 1 spiro atoms. The number of amides is 1. The standard InChI is InChI=1S/C18H20F6N2O2/c1-25-8-9-28-16(11-25)4-6-26(7-5-16)15(27)13-3-2-12(17(19,20)21)10-14(13)18(22,23)24/h2-3,10H,4-9,11H2,1H3. The number of alkyl halides is 6. The molecular formula is C18H20F6N2O2. The summed E-state index contributed by atoms with van der Waals surface area (Å²) in [6.45, 7) is 2.37. The summed E-state index contributed by atoms with van der Waals surface area (Å²) in [5, 5.41) is 0. The van der Waals surface area contributed by atoms with Crippen LogP contribution in [0.1, 0.15) is 34.3 Å². The van der Waals surface area contributed by atoms with E-state index in [1.165, 1.54) is 4.90 Å². The summed E-state index contributed by atoms with van der Waals surface area (Å²) in [7, 11) is 1.94. The highest BCUT2D eigenvalue weighted by atomic mass is 19.4. The number of carbonyl (C=O) groups is 1. The van der Waals surface area contributed by atoms with Gasteiger partial charge in [0.1, 0.15) is 0 Å². The molecule has 0 aromatic heterocycles. The van der Waals surface area contributed by atoms with Crippen molar-refractivity contribution in [3.05, 3.63) is 34.9 Å². The van der Waals surface area contributed by atoms with E-state index in [2.05, 4.69) is 4.90 Å². The quantitative estimate of drug-likeness (QED) is 0.663. The Kier molecular flexibility index (Phi) is 5.39. The lowest BCUT2D eigenvalue weighted by Crippen LogP contribution is -2.56. The van der Waals surface area contributed by atoms with E-state index in [1.54, 1.807) is 0 Å². The van der Waals surface area contributed by atoms with Gasteiger partial charge < -0.3 is 14.5 Å². The Morgan fingerprint density at radius 1 is 1.04 bits per heavy atom. The van der Waals surface area contributed by atoms with Gasteiger partial charge in [0.05, 0.1) is 28.9 Å². The molecule has 1 aromatic rings. The summed E-state index contributed by atoms with van der Waals surface area (Å²) >= 11 is 0. The zero-order valence-corrected chi connectivity index (χ0v) is 15.2. The third-order valence-corrected chi connectivity index (χ3v) is 5.28. The number of benzene rings is 1. The zero-order chi connectivity index (χ0) is 20.7. The molecule has 2 heterocycles. The summed E-state index contributed by atoms with van der Waals surface area (Å²) in [6, 6.07) is 1.12. The van der Waals surface area contributed by atoms with Gasteiger partial charge in [-0.2, -0.15) is 26.3 Å². The predicted molar refractivity (Wildman–Crippen MR) is 87.8 cm³/mol. The molecule has 28 heavy (non-hydrogen) atoms. The molecule has 156 valence electrons. The van der Waals surface area contributed by atoms with Crippen molar-refractivity contribution < 1.29 is 35.9 Å². The minimum absolute atomic E-state index is 0.00211. The van der Waals surface area contributed by atoms with Crippen LogP contribution in [0.5, 0.6) is 0 Å². The van der Waals surface area contributed by atoms with Crippen molar-refractivity contribution in [1.82, 2.24) is 9.80 Å². The summed E-state index contributed by atoms with van der Waals surface area (Å²) in [6.07, 6.45) is -9.07. The van der Waals surface area contributed by atoms with Crippen LogP contribution >= 0.6 is 0 Å². The molecule has 10 heteroatoms. The minimum Gasteiger partial charge on any atom is -0.372 e. The molecule has 1 aromatic carbocycles. The van der Waals surface area contributed by atoms with Crippen molar-refractivity contribution >= 4 is 5.91 Å². The maximum absolute atomic E-state index is 13.3. The van der Waals surface area contributed by atoms with Crippen molar-refractivity contribution in [2.24, 2.45) is 0 Å². The van der Waals surface area contributed by atoms with Gasteiger partial charge in [-0.1, -0.05) is 0 Å². The second-order valence-electron chi connectivity index (χ2n) is 7.32. The molecular weight excluding hydrogens is 390 g/mol. The number of piperidine rings is 1. The van der Waals surface area contributed by atoms with Crippen molar-refractivity contribution in [1.29, 1.82) is 0 Å². The lowest BCUT2D eigenvalue weighted by molar-refractivity contribution is -0.143. The molecule has 2 saturated heterocycles. The SMILES string of the molecule is CN1CCOC2(CCN(C(=O)c3ccc(C(F)(F)F)cc3C(F)(F)F)CC2)C1. The molecule has 2 aliphatic heterocycles. The number of halogens is 6. The molecule has 2 fully saturated rings.